The van der Waals surface area contributed by atoms with Crippen molar-refractivity contribution in [2.45, 2.75) is 27.7 Å². The molecular formula is C11H18O2. The van der Waals surface area contributed by atoms with Crippen molar-refractivity contribution >= 4 is 5.97 Å². The van der Waals surface area contributed by atoms with E-state index < -0.39 is 0 Å². The van der Waals surface area contributed by atoms with Gasteiger partial charge in [-0.3, -0.25) is 4.79 Å². The van der Waals surface area contributed by atoms with Crippen LogP contribution >= 0.6 is 0 Å². The number of carbonyl (C=O) groups excluding carboxylic acids is 1. The molecule has 1 aliphatic heterocycles. The van der Waals surface area contributed by atoms with Crippen LogP contribution in [0.15, 0.2) is 12.3 Å². The van der Waals surface area contributed by atoms with E-state index in [0.29, 0.717) is 17.6 Å². The van der Waals surface area contributed by atoms with Gasteiger partial charge in [-0.05, 0) is 11.8 Å². The quantitative estimate of drug-likeness (QED) is 0.613. The first-order valence-corrected chi connectivity index (χ1v) is 4.85. The fraction of sp³-hybridized carbons (Fsp3) is 0.727. The van der Waals surface area contributed by atoms with Gasteiger partial charge in [0.05, 0.1) is 5.92 Å². The lowest BCUT2D eigenvalue weighted by Crippen LogP contribution is -2.24. The summed E-state index contributed by atoms with van der Waals surface area (Å²) in [4.78, 5) is 11.5. The summed E-state index contributed by atoms with van der Waals surface area (Å²) >= 11 is 0. The van der Waals surface area contributed by atoms with Crippen LogP contribution in [-0.4, -0.2) is 5.97 Å². The molecule has 0 bridgehead atoms. The molecule has 0 amide bonds. The maximum Gasteiger partial charge on any atom is 0.315 e. The molecule has 0 aliphatic carbocycles. The number of rotatable bonds is 2. The zero-order valence-electron chi connectivity index (χ0n) is 8.83. The Labute approximate surface area is 80.0 Å². The van der Waals surface area contributed by atoms with E-state index in [4.69, 9.17) is 4.74 Å². The number of ether oxygens (including phenoxy) is 1. The van der Waals surface area contributed by atoms with Crippen LogP contribution in [0.5, 0.6) is 0 Å². The first-order chi connectivity index (χ1) is 5.95. The zero-order valence-corrected chi connectivity index (χ0v) is 8.83. The number of esters is 1. The summed E-state index contributed by atoms with van der Waals surface area (Å²) < 4.78 is 5.08. The SMILES string of the molecule is C=C1OC(=O)C(C(C)C)C1C(C)C. The second kappa shape index (κ2) is 3.52. The predicted molar refractivity (Wildman–Crippen MR) is 51.9 cm³/mol. The van der Waals surface area contributed by atoms with Gasteiger partial charge in [-0.25, -0.2) is 0 Å². The van der Waals surface area contributed by atoms with Gasteiger partial charge in [-0.1, -0.05) is 34.3 Å². The van der Waals surface area contributed by atoms with Gasteiger partial charge < -0.3 is 4.74 Å². The van der Waals surface area contributed by atoms with E-state index in [1.54, 1.807) is 0 Å². The largest absolute Gasteiger partial charge is 0.431 e. The summed E-state index contributed by atoms with van der Waals surface area (Å²) in [7, 11) is 0. The topological polar surface area (TPSA) is 26.3 Å². The molecular weight excluding hydrogens is 164 g/mol. The Kier molecular flexibility index (Phi) is 2.79. The molecule has 2 unspecified atom stereocenters. The predicted octanol–water partition coefficient (Wildman–Crippen LogP) is 2.60. The lowest BCUT2D eigenvalue weighted by atomic mass is 9.78. The van der Waals surface area contributed by atoms with Crippen molar-refractivity contribution in [1.82, 2.24) is 0 Å². The number of allylic oxidation sites excluding steroid dienone is 1. The van der Waals surface area contributed by atoms with Crippen LogP contribution in [0.3, 0.4) is 0 Å². The Morgan fingerprint density at radius 1 is 1.15 bits per heavy atom. The first kappa shape index (κ1) is 10.3. The van der Waals surface area contributed by atoms with Gasteiger partial charge in [-0.2, -0.15) is 0 Å². The molecule has 0 radical (unpaired) electrons. The number of hydrogen-bond donors (Lipinski definition) is 0. The minimum Gasteiger partial charge on any atom is -0.431 e. The molecule has 0 aromatic carbocycles. The Morgan fingerprint density at radius 3 is 1.92 bits per heavy atom. The Balaban J connectivity index is 2.90. The van der Waals surface area contributed by atoms with E-state index >= 15 is 0 Å². The highest BCUT2D eigenvalue weighted by Gasteiger charge is 2.43. The molecule has 2 atom stereocenters. The van der Waals surface area contributed by atoms with Gasteiger partial charge >= 0.3 is 5.97 Å². The fourth-order valence-corrected chi connectivity index (χ4v) is 2.09. The highest BCUT2D eigenvalue weighted by molar-refractivity contribution is 5.77. The van der Waals surface area contributed by atoms with Crippen LogP contribution < -0.4 is 0 Å². The molecule has 1 fully saturated rings. The minimum atomic E-state index is -0.0984. The molecule has 0 spiro atoms. The summed E-state index contributed by atoms with van der Waals surface area (Å²) in [6, 6.07) is 0. The lowest BCUT2D eigenvalue weighted by molar-refractivity contribution is -0.140. The Hall–Kier alpha value is -0.790. The summed E-state index contributed by atoms with van der Waals surface area (Å²) in [5, 5.41) is 0. The van der Waals surface area contributed by atoms with E-state index in [2.05, 4.69) is 34.3 Å². The third kappa shape index (κ3) is 1.77. The van der Waals surface area contributed by atoms with Crippen molar-refractivity contribution in [1.29, 1.82) is 0 Å². The van der Waals surface area contributed by atoms with Gasteiger partial charge in [0.2, 0.25) is 0 Å². The molecule has 2 heteroatoms. The Bertz CT molecular complexity index is 204. The maximum absolute atomic E-state index is 11.5. The second-order valence-corrected chi connectivity index (χ2v) is 4.43. The standard InChI is InChI=1S/C11H18O2/c1-6(2)9-8(5)13-11(12)10(9)7(3)4/h6-7,9-10H,5H2,1-4H3. The van der Waals surface area contributed by atoms with Gasteiger partial charge in [0.15, 0.2) is 0 Å². The maximum atomic E-state index is 11.5. The smallest absolute Gasteiger partial charge is 0.315 e. The van der Waals surface area contributed by atoms with Crippen LogP contribution in [-0.2, 0) is 9.53 Å². The monoisotopic (exact) mass is 182 g/mol. The average molecular weight is 182 g/mol. The Morgan fingerprint density at radius 2 is 1.62 bits per heavy atom. The number of carbonyl (C=O) groups is 1. The number of hydrogen-bond acceptors (Lipinski definition) is 2. The molecule has 2 nitrogen and oxygen atoms in total. The molecule has 0 aromatic heterocycles. The van der Waals surface area contributed by atoms with Crippen molar-refractivity contribution in [2.75, 3.05) is 0 Å². The van der Waals surface area contributed by atoms with E-state index in [0.717, 1.165) is 0 Å². The summed E-state index contributed by atoms with van der Waals surface area (Å²) in [5.74, 6) is 1.52. The van der Waals surface area contributed by atoms with Gasteiger partial charge in [-0.15, -0.1) is 0 Å². The second-order valence-electron chi connectivity index (χ2n) is 4.43. The van der Waals surface area contributed by atoms with Crippen molar-refractivity contribution in [3.8, 4) is 0 Å². The van der Waals surface area contributed by atoms with Gasteiger partial charge in [0.25, 0.3) is 0 Å². The minimum absolute atomic E-state index is 0.00694. The highest BCUT2D eigenvalue weighted by Crippen LogP contribution is 2.39. The van der Waals surface area contributed by atoms with Crippen molar-refractivity contribution < 1.29 is 9.53 Å². The van der Waals surface area contributed by atoms with Crippen LogP contribution in [0, 0.1) is 23.7 Å². The van der Waals surface area contributed by atoms with Crippen molar-refractivity contribution in [2.24, 2.45) is 23.7 Å². The lowest BCUT2D eigenvalue weighted by Gasteiger charge is -2.21. The molecule has 1 rings (SSSR count). The van der Waals surface area contributed by atoms with E-state index in [1.165, 1.54) is 0 Å². The fourth-order valence-electron chi connectivity index (χ4n) is 2.09. The molecule has 0 aromatic rings. The van der Waals surface area contributed by atoms with Crippen molar-refractivity contribution in [3.63, 3.8) is 0 Å². The normalized spacial score (nSPS) is 28.8. The first-order valence-electron chi connectivity index (χ1n) is 4.85. The molecule has 1 aliphatic rings. The molecule has 13 heavy (non-hydrogen) atoms. The molecule has 1 saturated heterocycles. The number of cyclic esters (lactones) is 1. The van der Waals surface area contributed by atoms with Gasteiger partial charge in [0, 0.05) is 5.92 Å². The molecule has 0 N–H and O–H groups in total. The van der Waals surface area contributed by atoms with E-state index in [1.807, 2.05) is 0 Å². The van der Waals surface area contributed by atoms with Crippen LogP contribution in [0.4, 0.5) is 0 Å². The zero-order chi connectivity index (χ0) is 10.2. The average Bonchev–Trinajstić information content (AvgIpc) is 2.24. The van der Waals surface area contributed by atoms with Crippen LogP contribution in [0.1, 0.15) is 27.7 Å². The van der Waals surface area contributed by atoms with Crippen molar-refractivity contribution in [3.05, 3.63) is 12.3 Å². The molecule has 0 saturated carbocycles. The summed E-state index contributed by atoms with van der Waals surface area (Å²) in [6.07, 6.45) is 0. The highest BCUT2D eigenvalue weighted by atomic mass is 16.5. The van der Waals surface area contributed by atoms with Crippen LogP contribution in [0.25, 0.3) is 0 Å². The summed E-state index contributed by atoms with van der Waals surface area (Å²) in [6.45, 7) is 12.1. The third-order valence-electron chi connectivity index (χ3n) is 2.70. The molecule has 74 valence electrons. The summed E-state index contributed by atoms with van der Waals surface area (Å²) in [5.41, 5.74) is 0. The third-order valence-corrected chi connectivity index (χ3v) is 2.70. The molecule has 1 heterocycles. The van der Waals surface area contributed by atoms with E-state index in [-0.39, 0.29) is 17.8 Å². The van der Waals surface area contributed by atoms with Gasteiger partial charge in [0.1, 0.15) is 5.76 Å². The van der Waals surface area contributed by atoms with E-state index in [9.17, 15) is 4.79 Å². The van der Waals surface area contributed by atoms with Crippen LogP contribution in [0.2, 0.25) is 0 Å².